The SMILES string of the molecule is O=C(COc1ccccc1)NNC(=S)NC(=O)c1cc([N+](=O)[O-])cc([N+](=O)[O-])c1. The molecule has 0 aromatic heterocycles. The normalized spacial score (nSPS) is 9.79. The minimum atomic E-state index is -0.941. The van der Waals surface area contributed by atoms with E-state index >= 15 is 0 Å². The summed E-state index contributed by atoms with van der Waals surface area (Å²) >= 11 is 4.83. The van der Waals surface area contributed by atoms with Gasteiger partial charge in [0.25, 0.3) is 23.2 Å². The largest absolute Gasteiger partial charge is 0.484 e. The Kier molecular flexibility index (Phi) is 7.08. The number of carbonyl (C=O) groups is 2. The van der Waals surface area contributed by atoms with Gasteiger partial charge in [0.15, 0.2) is 11.7 Å². The molecule has 13 heteroatoms. The molecule has 0 unspecified atom stereocenters. The Hall–Kier alpha value is -4.13. The van der Waals surface area contributed by atoms with Crippen molar-refractivity contribution in [3.63, 3.8) is 0 Å². The lowest BCUT2D eigenvalue weighted by atomic mass is 10.1. The van der Waals surface area contributed by atoms with Crippen LogP contribution in [-0.2, 0) is 4.79 Å². The maximum absolute atomic E-state index is 12.1. The molecule has 0 spiro atoms. The number of hydrogen-bond donors (Lipinski definition) is 3. The van der Waals surface area contributed by atoms with Gasteiger partial charge in [-0.15, -0.1) is 0 Å². The van der Waals surface area contributed by atoms with Crippen molar-refractivity contribution in [1.82, 2.24) is 16.2 Å². The third-order valence-corrected chi connectivity index (χ3v) is 3.45. The third-order valence-electron chi connectivity index (χ3n) is 3.24. The number of nitro groups is 2. The number of nitrogens with zero attached hydrogens (tertiary/aromatic N) is 2. The van der Waals surface area contributed by atoms with Crippen molar-refractivity contribution in [2.24, 2.45) is 0 Å². The van der Waals surface area contributed by atoms with Crippen LogP contribution in [0.15, 0.2) is 48.5 Å². The molecule has 0 saturated carbocycles. The minimum Gasteiger partial charge on any atom is -0.484 e. The second kappa shape index (κ2) is 9.70. The highest BCUT2D eigenvalue weighted by Crippen LogP contribution is 2.22. The molecule has 2 aromatic carbocycles. The standard InChI is InChI=1S/C16H13N5O7S/c22-14(9-28-13-4-2-1-3-5-13)18-19-16(29)17-15(23)10-6-11(20(24)25)8-12(7-10)21(26)27/h1-8H,9H2,(H,18,22)(H2,17,19,23,29). The first-order valence-corrected chi connectivity index (χ1v) is 8.19. The molecule has 0 bridgehead atoms. The lowest BCUT2D eigenvalue weighted by Gasteiger charge is -2.11. The molecule has 0 aliphatic carbocycles. The summed E-state index contributed by atoms with van der Waals surface area (Å²) in [7, 11) is 0. The van der Waals surface area contributed by atoms with Crippen LogP contribution in [0.5, 0.6) is 5.75 Å². The molecular weight excluding hydrogens is 406 g/mol. The monoisotopic (exact) mass is 419 g/mol. The van der Waals surface area contributed by atoms with Crippen LogP contribution in [0.2, 0.25) is 0 Å². The van der Waals surface area contributed by atoms with Crippen LogP contribution < -0.4 is 20.9 Å². The summed E-state index contributed by atoms with van der Waals surface area (Å²) < 4.78 is 5.21. The number of ether oxygens (including phenoxy) is 1. The van der Waals surface area contributed by atoms with E-state index in [2.05, 4.69) is 16.2 Å². The van der Waals surface area contributed by atoms with Crippen molar-refractivity contribution < 1.29 is 24.2 Å². The van der Waals surface area contributed by atoms with Gasteiger partial charge in [0.05, 0.1) is 21.5 Å². The summed E-state index contributed by atoms with van der Waals surface area (Å²) in [5.74, 6) is -1.06. The average molecular weight is 419 g/mol. The topological polar surface area (TPSA) is 166 Å². The fourth-order valence-corrected chi connectivity index (χ4v) is 2.12. The molecule has 2 aromatic rings. The predicted octanol–water partition coefficient (Wildman–Crippen LogP) is 1.22. The Morgan fingerprint density at radius 1 is 0.966 bits per heavy atom. The van der Waals surface area contributed by atoms with Gasteiger partial charge in [-0.05, 0) is 24.4 Å². The van der Waals surface area contributed by atoms with Gasteiger partial charge in [-0.3, -0.25) is 46.0 Å². The average Bonchev–Trinajstić information content (AvgIpc) is 2.71. The first-order chi connectivity index (χ1) is 13.8. The van der Waals surface area contributed by atoms with Crippen molar-refractivity contribution in [1.29, 1.82) is 0 Å². The van der Waals surface area contributed by atoms with Gasteiger partial charge < -0.3 is 4.74 Å². The summed E-state index contributed by atoms with van der Waals surface area (Å²) in [6.45, 7) is -0.329. The molecule has 0 fully saturated rings. The predicted molar refractivity (Wildman–Crippen MR) is 103 cm³/mol. The number of para-hydroxylation sites is 1. The number of rotatable bonds is 6. The van der Waals surface area contributed by atoms with Crippen molar-refractivity contribution in [3.8, 4) is 5.75 Å². The molecule has 0 saturated heterocycles. The van der Waals surface area contributed by atoms with E-state index in [0.717, 1.165) is 18.2 Å². The Morgan fingerprint density at radius 3 is 2.10 bits per heavy atom. The Balaban J connectivity index is 1.90. The molecule has 12 nitrogen and oxygen atoms in total. The molecule has 0 aliphatic heterocycles. The molecular formula is C16H13N5O7S. The molecule has 2 amide bonds. The molecule has 150 valence electrons. The first kappa shape index (κ1) is 21.2. The third kappa shape index (κ3) is 6.51. The van der Waals surface area contributed by atoms with E-state index in [0.29, 0.717) is 5.75 Å². The molecule has 29 heavy (non-hydrogen) atoms. The van der Waals surface area contributed by atoms with E-state index in [4.69, 9.17) is 17.0 Å². The Morgan fingerprint density at radius 2 is 1.55 bits per heavy atom. The molecule has 0 radical (unpaired) electrons. The minimum absolute atomic E-state index is 0.329. The number of non-ortho nitro benzene ring substituents is 2. The molecule has 0 heterocycles. The number of hydrazine groups is 1. The Bertz CT molecular complexity index is 935. The van der Waals surface area contributed by atoms with Crippen LogP contribution in [0, 0.1) is 20.2 Å². The van der Waals surface area contributed by atoms with Crippen LogP contribution in [0.4, 0.5) is 11.4 Å². The van der Waals surface area contributed by atoms with Crippen LogP contribution in [-0.4, -0.2) is 33.4 Å². The highest BCUT2D eigenvalue weighted by atomic mass is 32.1. The Labute approximate surface area is 168 Å². The number of carbonyl (C=O) groups excluding carboxylic acids is 2. The highest BCUT2D eigenvalue weighted by molar-refractivity contribution is 7.80. The fourth-order valence-electron chi connectivity index (χ4n) is 1.97. The lowest BCUT2D eigenvalue weighted by molar-refractivity contribution is -0.394. The summed E-state index contributed by atoms with van der Waals surface area (Å²) in [6, 6.07) is 11.0. The second-order valence-corrected chi connectivity index (χ2v) is 5.72. The van der Waals surface area contributed by atoms with Gasteiger partial charge in [-0.1, -0.05) is 18.2 Å². The number of nitrogens with one attached hydrogen (secondary N) is 3. The number of nitro benzene ring substituents is 2. The lowest BCUT2D eigenvalue weighted by Crippen LogP contribution is -2.49. The maximum Gasteiger partial charge on any atom is 0.277 e. The van der Waals surface area contributed by atoms with Gasteiger partial charge in [-0.25, -0.2) is 0 Å². The van der Waals surface area contributed by atoms with Crippen LogP contribution >= 0.6 is 12.2 Å². The van der Waals surface area contributed by atoms with E-state index < -0.39 is 33.0 Å². The zero-order valence-corrected chi connectivity index (χ0v) is 15.3. The van der Waals surface area contributed by atoms with E-state index in [9.17, 15) is 29.8 Å². The van der Waals surface area contributed by atoms with Crippen molar-refractivity contribution in [3.05, 3.63) is 74.3 Å². The number of amides is 2. The van der Waals surface area contributed by atoms with Crippen molar-refractivity contribution in [2.45, 2.75) is 0 Å². The number of thiocarbonyl (C=S) groups is 1. The van der Waals surface area contributed by atoms with Crippen molar-refractivity contribution in [2.75, 3.05) is 6.61 Å². The van der Waals surface area contributed by atoms with Crippen molar-refractivity contribution >= 4 is 40.5 Å². The number of hydrogen-bond acceptors (Lipinski definition) is 8. The first-order valence-electron chi connectivity index (χ1n) is 7.78. The maximum atomic E-state index is 12.1. The molecule has 3 N–H and O–H groups in total. The number of benzene rings is 2. The van der Waals surface area contributed by atoms with Gasteiger partial charge in [0.2, 0.25) is 0 Å². The quantitative estimate of drug-likeness (QED) is 0.354. The van der Waals surface area contributed by atoms with E-state index in [1.165, 1.54) is 0 Å². The van der Waals surface area contributed by atoms with Gasteiger partial charge in [0, 0.05) is 12.1 Å². The van der Waals surface area contributed by atoms with E-state index in [-0.39, 0.29) is 17.3 Å². The van der Waals surface area contributed by atoms with E-state index in [1.807, 2.05) is 0 Å². The zero-order chi connectivity index (χ0) is 21.4. The summed E-state index contributed by atoms with van der Waals surface area (Å²) in [6.07, 6.45) is 0. The highest BCUT2D eigenvalue weighted by Gasteiger charge is 2.20. The zero-order valence-electron chi connectivity index (χ0n) is 14.5. The fraction of sp³-hybridized carbons (Fsp3) is 0.0625. The van der Waals surface area contributed by atoms with Crippen LogP contribution in [0.1, 0.15) is 10.4 Å². The second-order valence-electron chi connectivity index (χ2n) is 5.31. The molecule has 2 rings (SSSR count). The smallest absolute Gasteiger partial charge is 0.277 e. The van der Waals surface area contributed by atoms with Crippen LogP contribution in [0.3, 0.4) is 0 Å². The summed E-state index contributed by atoms with van der Waals surface area (Å²) in [4.78, 5) is 43.8. The van der Waals surface area contributed by atoms with Gasteiger partial charge in [-0.2, -0.15) is 0 Å². The summed E-state index contributed by atoms with van der Waals surface area (Å²) in [5.41, 5.74) is 2.82. The molecule has 0 atom stereocenters. The summed E-state index contributed by atoms with van der Waals surface area (Å²) in [5, 5.41) is 23.5. The van der Waals surface area contributed by atoms with Crippen LogP contribution in [0.25, 0.3) is 0 Å². The van der Waals surface area contributed by atoms with Gasteiger partial charge in [0.1, 0.15) is 5.75 Å². The molecule has 0 aliphatic rings. The van der Waals surface area contributed by atoms with Gasteiger partial charge >= 0.3 is 0 Å². The van der Waals surface area contributed by atoms with E-state index in [1.54, 1.807) is 30.3 Å².